The molecule has 1 amide bonds. The van der Waals surface area contributed by atoms with E-state index < -0.39 is 0 Å². The number of aryl methyl sites for hydroxylation is 1. The summed E-state index contributed by atoms with van der Waals surface area (Å²) in [5.41, 5.74) is 0. The van der Waals surface area contributed by atoms with Crippen LogP contribution in [0.25, 0.3) is 0 Å². The first-order chi connectivity index (χ1) is 10.6. The van der Waals surface area contributed by atoms with Crippen LogP contribution in [0.4, 0.5) is 0 Å². The average Bonchev–Trinajstić information content (AvgIpc) is 3.02. The van der Waals surface area contributed by atoms with Crippen LogP contribution in [0.3, 0.4) is 0 Å². The molecule has 22 heavy (non-hydrogen) atoms. The number of carbonyl (C=O) groups is 1. The summed E-state index contributed by atoms with van der Waals surface area (Å²) in [7, 11) is 4.10. The van der Waals surface area contributed by atoms with Crippen molar-refractivity contribution < 1.29 is 4.79 Å². The Morgan fingerprint density at radius 2 is 2.05 bits per heavy atom. The Balaban J connectivity index is 1.55. The van der Waals surface area contributed by atoms with Gasteiger partial charge in [0.15, 0.2) is 0 Å². The quantitative estimate of drug-likeness (QED) is 0.818. The molecule has 0 spiro atoms. The van der Waals surface area contributed by atoms with Crippen LogP contribution in [0.2, 0.25) is 0 Å². The first kappa shape index (κ1) is 15.5. The van der Waals surface area contributed by atoms with Crippen LogP contribution in [-0.4, -0.2) is 76.0 Å². The minimum Gasteiger partial charge on any atom is -0.340 e. The first-order valence-corrected chi connectivity index (χ1v) is 8.33. The molecule has 122 valence electrons. The summed E-state index contributed by atoms with van der Waals surface area (Å²) in [6.45, 7) is 5.63. The van der Waals surface area contributed by atoms with Crippen LogP contribution in [0.1, 0.15) is 25.1 Å². The molecule has 0 radical (unpaired) electrons. The minimum absolute atomic E-state index is 0.112. The van der Waals surface area contributed by atoms with Crippen LogP contribution in [0, 0.1) is 0 Å². The van der Waals surface area contributed by atoms with Gasteiger partial charge in [-0.05, 0) is 32.9 Å². The maximum absolute atomic E-state index is 12.7. The number of likely N-dealkylation sites (N-methyl/N-ethyl adjacent to an activating group) is 1. The van der Waals surface area contributed by atoms with Gasteiger partial charge in [0.2, 0.25) is 5.91 Å². The highest BCUT2D eigenvalue weighted by molar-refractivity contribution is 5.82. The van der Waals surface area contributed by atoms with E-state index in [1.807, 2.05) is 19.4 Å². The van der Waals surface area contributed by atoms with Crippen molar-refractivity contribution in [3.05, 3.63) is 18.2 Å². The molecule has 6 heteroatoms. The molecule has 2 fully saturated rings. The summed E-state index contributed by atoms with van der Waals surface area (Å²) in [6.07, 6.45) is 7.04. The summed E-state index contributed by atoms with van der Waals surface area (Å²) in [5, 5.41) is 0. The van der Waals surface area contributed by atoms with Crippen molar-refractivity contribution in [2.24, 2.45) is 7.05 Å². The highest BCUT2D eigenvalue weighted by Crippen LogP contribution is 2.18. The molecular weight excluding hydrogens is 278 g/mol. The van der Waals surface area contributed by atoms with E-state index in [0.29, 0.717) is 5.91 Å². The zero-order valence-corrected chi connectivity index (χ0v) is 13.7. The molecule has 6 nitrogen and oxygen atoms in total. The van der Waals surface area contributed by atoms with Crippen molar-refractivity contribution in [2.45, 2.75) is 31.8 Å². The highest BCUT2D eigenvalue weighted by Gasteiger charge is 2.32. The van der Waals surface area contributed by atoms with Gasteiger partial charge in [0.05, 0.1) is 12.6 Å². The van der Waals surface area contributed by atoms with E-state index in [9.17, 15) is 4.79 Å². The van der Waals surface area contributed by atoms with Gasteiger partial charge < -0.3 is 9.47 Å². The summed E-state index contributed by atoms with van der Waals surface area (Å²) < 4.78 is 2.07. The Kier molecular flexibility index (Phi) is 4.78. The first-order valence-electron chi connectivity index (χ1n) is 8.33. The Labute approximate surface area is 132 Å². The van der Waals surface area contributed by atoms with E-state index in [0.717, 1.165) is 64.4 Å². The summed E-state index contributed by atoms with van der Waals surface area (Å²) in [5.74, 6) is 1.43. The molecule has 0 bridgehead atoms. The molecule has 0 aliphatic carbocycles. The topological polar surface area (TPSA) is 44.6 Å². The number of aromatic nitrogens is 2. The van der Waals surface area contributed by atoms with Crippen molar-refractivity contribution in [1.29, 1.82) is 0 Å². The number of imidazole rings is 1. The molecule has 1 atom stereocenters. The van der Waals surface area contributed by atoms with Crippen molar-refractivity contribution in [3.63, 3.8) is 0 Å². The molecule has 2 saturated heterocycles. The van der Waals surface area contributed by atoms with Gasteiger partial charge >= 0.3 is 0 Å². The number of hydrogen-bond donors (Lipinski definition) is 0. The monoisotopic (exact) mass is 305 g/mol. The molecule has 2 aliphatic rings. The molecule has 1 unspecified atom stereocenters. The van der Waals surface area contributed by atoms with E-state index >= 15 is 0 Å². The maximum Gasteiger partial charge on any atom is 0.239 e. The number of hydrogen-bond acceptors (Lipinski definition) is 4. The predicted molar refractivity (Wildman–Crippen MR) is 85.3 cm³/mol. The summed E-state index contributed by atoms with van der Waals surface area (Å²) >= 11 is 0. The molecule has 0 N–H and O–H groups in total. The lowest BCUT2D eigenvalue weighted by molar-refractivity contribution is -0.135. The van der Waals surface area contributed by atoms with E-state index in [-0.39, 0.29) is 6.04 Å². The Hall–Kier alpha value is -1.40. The Morgan fingerprint density at radius 1 is 1.18 bits per heavy atom. The third-order valence-electron chi connectivity index (χ3n) is 4.99. The summed E-state index contributed by atoms with van der Waals surface area (Å²) in [4.78, 5) is 23.8. The van der Waals surface area contributed by atoms with Crippen LogP contribution in [0.15, 0.2) is 12.4 Å². The van der Waals surface area contributed by atoms with Crippen molar-refractivity contribution >= 4 is 5.91 Å². The molecular formula is C16H27N5O. The average molecular weight is 305 g/mol. The summed E-state index contributed by atoms with van der Waals surface area (Å²) in [6, 6.07) is 0.112. The van der Waals surface area contributed by atoms with Crippen LogP contribution in [0.5, 0.6) is 0 Å². The molecule has 0 saturated carbocycles. The fourth-order valence-electron chi connectivity index (χ4n) is 3.53. The lowest BCUT2D eigenvalue weighted by Gasteiger charge is -2.27. The largest absolute Gasteiger partial charge is 0.340 e. The SMILES string of the molecule is CN1CCCC1C(=O)N1CCCN(Cc2nccn2C)CC1. The predicted octanol–water partition coefficient (Wildman–Crippen LogP) is 0.549. The molecule has 2 aliphatic heterocycles. The third-order valence-corrected chi connectivity index (χ3v) is 4.99. The van der Waals surface area contributed by atoms with Gasteiger partial charge in [0.25, 0.3) is 0 Å². The Bertz CT molecular complexity index is 514. The molecule has 3 rings (SSSR count). The fraction of sp³-hybridized carbons (Fsp3) is 0.750. The van der Waals surface area contributed by atoms with Gasteiger partial charge in [-0.3, -0.25) is 14.6 Å². The van der Waals surface area contributed by atoms with Gasteiger partial charge in [-0.25, -0.2) is 4.98 Å². The maximum atomic E-state index is 12.7. The third kappa shape index (κ3) is 3.33. The van der Waals surface area contributed by atoms with Gasteiger partial charge in [-0.15, -0.1) is 0 Å². The normalized spacial score (nSPS) is 24.6. The zero-order chi connectivity index (χ0) is 15.5. The lowest BCUT2D eigenvalue weighted by Crippen LogP contribution is -2.45. The van der Waals surface area contributed by atoms with Gasteiger partial charge in [0.1, 0.15) is 5.82 Å². The highest BCUT2D eigenvalue weighted by atomic mass is 16.2. The second kappa shape index (κ2) is 6.79. The van der Waals surface area contributed by atoms with Crippen molar-refractivity contribution in [1.82, 2.24) is 24.3 Å². The van der Waals surface area contributed by atoms with E-state index in [4.69, 9.17) is 0 Å². The number of carbonyl (C=O) groups excluding carboxylic acids is 1. The van der Waals surface area contributed by atoms with E-state index in [1.165, 1.54) is 0 Å². The standard InChI is InChI=1S/C16H27N5O/c1-18-7-3-5-14(18)16(22)21-9-4-8-20(11-12-21)13-15-17-6-10-19(15)2/h6,10,14H,3-5,7-9,11-13H2,1-2H3. The lowest BCUT2D eigenvalue weighted by atomic mass is 10.2. The second-order valence-corrected chi connectivity index (χ2v) is 6.55. The van der Waals surface area contributed by atoms with E-state index in [1.54, 1.807) is 0 Å². The molecule has 1 aromatic heterocycles. The number of amides is 1. The molecule has 3 heterocycles. The fourth-order valence-corrected chi connectivity index (χ4v) is 3.53. The van der Waals surface area contributed by atoms with Crippen LogP contribution < -0.4 is 0 Å². The second-order valence-electron chi connectivity index (χ2n) is 6.55. The zero-order valence-electron chi connectivity index (χ0n) is 13.7. The molecule has 1 aromatic rings. The minimum atomic E-state index is 0.112. The number of nitrogens with zero attached hydrogens (tertiary/aromatic N) is 5. The smallest absolute Gasteiger partial charge is 0.239 e. The van der Waals surface area contributed by atoms with Crippen molar-refractivity contribution in [3.8, 4) is 0 Å². The Morgan fingerprint density at radius 3 is 2.73 bits per heavy atom. The number of rotatable bonds is 3. The van der Waals surface area contributed by atoms with Crippen molar-refractivity contribution in [2.75, 3.05) is 39.8 Å². The van der Waals surface area contributed by atoms with E-state index in [2.05, 4.69) is 31.3 Å². The van der Waals surface area contributed by atoms with Gasteiger partial charge in [-0.2, -0.15) is 0 Å². The van der Waals surface area contributed by atoms with Gasteiger partial charge in [0, 0.05) is 45.6 Å². The van der Waals surface area contributed by atoms with Crippen LogP contribution in [-0.2, 0) is 18.4 Å². The number of likely N-dealkylation sites (tertiary alicyclic amines) is 1. The molecule has 0 aromatic carbocycles. The van der Waals surface area contributed by atoms with Crippen LogP contribution >= 0.6 is 0 Å². The van der Waals surface area contributed by atoms with Gasteiger partial charge in [-0.1, -0.05) is 0 Å².